The molecule has 2 heteroatoms. The molecule has 0 fully saturated rings. The van der Waals surface area contributed by atoms with Gasteiger partial charge in [0.25, 0.3) is 0 Å². The zero-order valence-electron chi connectivity index (χ0n) is 12.0. The minimum atomic E-state index is -0.712. The molecule has 2 radical (unpaired) electrons. The minimum Gasteiger partial charge on any atom is -0.484 e. The van der Waals surface area contributed by atoms with E-state index in [1.807, 2.05) is 30.3 Å². The highest BCUT2D eigenvalue weighted by Gasteiger charge is 2.07. The first-order valence-electron chi connectivity index (χ1n) is 7.53. The molecule has 106 valence electrons. The fraction of sp³-hybridized carbons (Fsp3) is 0.588. The van der Waals surface area contributed by atoms with Crippen LogP contribution >= 0.6 is 0 Å². The number of benzene rings is 1. The number of para-hydroxylation sites is 1. The van der Waals surface area contributed by atoms with E-state index in [9.17, 15) is 5.11 Å². The van der Waals surface area contributed by atoms with Gasteiger partial charge in [0, 0.05) is 0 Å². The number of hydrogen-bond acceptors (Lipinski definition) is 1. The van der Waals surface area contributed by atoms with Crippen LogP contribution in [0.15, 0.2) is 30.3 Å². The summed E-state index contributed by atoms with van der Waals surface area (Å²) in [7, 11) is 0. The van der Waals surface area contributed by atoms with E-state index in [1.165, 1.54) is 45.1 Å². The third-order valence-corrected chi connectivity index (χ3v) is 3.19. The average molecular weight is 262 g/mol. The van der Waals surface area contributed by atoms with Crippen LogP contribution in [-0.2, 0) is 5.11 Å². The smallest absolute Gasteiger partial charge is 0.167 e. The summed E-state index contributed by atoms with van der Waals surface area (Å²) in [5, 5.41) is 11.7. The minimum absolute atomic E-state index is 0.681. The lowest BCUT2D eigenvalue weighted by molar-refractivity contribution is 0.0707. The molecule has 19 heavy (non-hydrogen) atoms. The van der Waals surface area contributed by atoms with Crippen molar-refractivity contribution in [2.75, 3.05) is 0 Å². The Labute approximate surface area is 117 Å². The predicted molar refractivity (Wildman–Crippen MR) is 78.5 cm³/mol. The van der Waals surface area contributed by atoms with Crippen molar-refractivity contribution >= 4 is 0 Å². The van der Waals surface area contributed by atoms with Crippen LogP contribution in [0.1, 0.15) is 58.3 Å². The van der Waals surface area contributed by atoms with E-state index in [4.69, 9.17) is 4.74 Å². The molecule has 2 nitrogen and oxygen atoms in total. The highest BCUT2D eigenvalue weighted by Crippen LogP contribution is 2.14. The van der Waals surface area contributed by atoms with Crippen molar-refractivity contribution in [3.63, 3.8) is 0 Å². The van der Waals surface area contributed by atoms with Crippen LogP contribution in [0.2, 0.25) is 0 Å². The van der Waals surface area contributed by atoms with Gasteiger partial charge in [-0.25, -0.2) is 5.11 Å². The average Bonchev–Trinajstić information content (AvgIpc) is 2.45. The fourth-order valence-electron chi connectivity index (χ4n) is 2.02. The van der Waals surface area contributed by atoms with Crippen LogP contribution in [0.5, 0.6) is 5.75 Å². The molecule has 0 saturated heterocycles. The molecule has 0 bridgehead atoms. The zero-order valence-corrected chi connectivity index (χ0v) is 12.0. The topological polar surface area (TPSA) is 29.1 Å². The summed E-state index contributed by atoms with van der Waals surface area (Å²) in [5.74, 6) is 0.739. The number of unbranched alkanes of at least 4 members (excludes halogenated alkanes) is 6. The van der Waals surface area contributed by atoms with Crippen molar-refractivity contribution in [3.8, 4) is 5.75 Å². The summed E-state index contributed by atoms with van der Waals surface area (Å²) >= 11 is 0. The molecule has 1 aromatic carbocycles. The van der Waals surface area contributed by atoms with Crippen molar-refractivity contribution in [3.05, 3.63) is 36.9 Å². The van der Waals surface area contributed by atoms with Crippen LogP contribution in [0.25, 0.3) is 0 Å². The maximum Gasteiger partial charge on any atom is 0.167 e. The third-order valence-electron chi connectivity index (χ3n) is 3.19. The second-order valence-electron chi connectivity index (χ2n) is 5.02. The number of ether oxygens (including phenoxy) is 1. The molecular weight excluding hydrogens is 236 g/mol. The Balaban J connectivity index is 1.95. The Morgan fingerprint density at radius 1 is 1.00 bits per heavy atom. The molecule has 1 rings (SSSR count). The van der Waals surface area contributed by atoms with E-state index in [0.717, 1.165) is 12.2 Å². The van der Waals surface area contributed by atoms with Gasteiger partial charge in [0.15, 0.2) is 6.61 Å². The molecule has 0 saturated carbocycles. The van der Waals surface area contributed by atoms with Crippen LogP contribution in [0, 0.1) is 6.61 Å². The van der Waals surface area contributed by atoms with E-state index < -0.39 is 6.10 Å². The first-order chi connectivity index (χ1) is 9.33. The Kier molecular flexibility index (Phi) is 9.17. The molecule has 0 spiro atoms. The van der Waals surface area contributed by atoms with Crippen molar-refractivity contribution in [2.45, 2.75) is 64.4 Å². The lowest BCUT2D eigenvalue weighted by atomic mass is 10.1. The Morgan fingerprint density at radius 3 is 2.32 bits per heavy atom. The summed E-state index contributed by atoms with van der Waals surface area (Å²) in [6, 6.07) is 9.45. The van der Waals surface area contributed by atoms with Crippen molar-refractivity contribution in [2.24, 2.45) is 0 Å². The van der Waals surface area contributed by atoms with Gasteiger partial charge in [-0.2, -0.15) is 0 Å². The van der Waals surface area contributed by atoms with Crippen molar-refractivity contribution < 1.29 is 9.84 Å². The van der Waals surface area contributed by atoms with Crippen LogP contribution in [0.3, 0.4) is 0 Å². The standard InChI is InChI=1S/C17H26O2/c1-2-3-4-5-6-7-9-12-16(18)15-19-17-13-10-8-11-14-17/h8,10-11,13-16H,2-7,9,12H2,1H3. The largest absolute Gasteiger partial charge is 0.484 e. The van der Waals surface area contributed by atoms with Crippen molar-refractivity contribution in [1.29, 1.82) is 0 Å². The van der Waals surface area contributed by atoms with E-state index in [-0.39, 0.29) is 0 Å². The van der Waals surface area contributed by atoms with Crippen LogP contribution in [-0.4, -0.2) is 6.10 Å². The Hall–Kier alpha value is -1.02. The maximum absolute atomic E-state index is 11.7. The molecule has 0 amide bonds. The van der Waals surface area contributed by atoms with E-state index in [1.54, 1.807) is 0 Å². The van der Waals surface area contributed by atoms with Crippen molar-refractivity contribution in [1.82, 2.24) is 0 Å². The molecule has 0 aliphatic carbocycles. The summed E-state index contributed by atoms with van der Waals surface area (Å²) in [5.41, 5.74) is 0. The van der Waals surface area contributed by atoms with Gasteiger partial charge in [0.2, 0.25) is 0 Å². The zero-order chi connectivity index (χ0) is 13.8. The summed E-state index contributed by atoms with van der Waals surface area (Å²) in [4.78, 5) is 0. The number of hydrogen-bond donors (Lipinski definition) is 0. The Morgan fingerprint density at radius 2 is 1.63 bits per heavy atom. The highest BCUT2D eigenvalue weighted by atomic mass is 16.5. The first kappa shape index (κ1) is 16.0. The molecule has 1 aromatic rings. The monoisotopic (exact) mass is 262 g/mol. The lowest BCUT2D eigenvalue weighted by Gasteiger charge is -2.09. The first-order valence-corrected chi connectivity index (χ1v) is 7.53. The molecule has 1 atom stereocenters. The molecule has 0 N–H and O–H groups in total. The third kappa shape index (κ3) is 8.66. The lowest BCUT2D eigenvalue weighted by Crippen LogP contribution is -2.09. The van der Waals surface area contributed by atoms with E-state index in [2.05, 4.69) is 6.92 Å². The van der Waals surface area contributed by atoms with Gasteiger partial charge < -0.3 is 4.74 Å². The van der Waals surface area contributed by atoms with Gasteiger partial charge in [-0.15, -0.1) is 0 Å². The van der Waals surface area contributed by atoms with Gasteiger partial charge in [-0.05, 0) is 18.6 Å². The molecule has 0 aliphatic rings. The quantitative estimate of drug-likeness (QED) is 0.506. The SMILES string of the molecule is CCCCCCCCCC([O])[CH]Oc1ccccc1. The predicted octanol–water partition coefficient (Wildman–Crippen LogP) is 5.17. The van der Waals surface area contributed by atoms with Gasteiger partial charge in [0.05, 0.1) is 0 Å². The van der Waals surface area contributed by atoms with Gasteiger partial charge >= 0.3 is 0 Å². The second kappa shape index (κ2) is 10.9. The summed E-state index contributed by atoms with van der Waals surface area (Å²) in [6.07, 6.45) is 8.67. The second-order valence-corrected chi connectivity index (χ2v) is 5.02. The van der Waals surface area contributed by atoms with E-state index in [0.29, 0.717) is 6.42 Å². The fourth-order valence-corrected chi connectivity index (χ4v) is 2.02. The number of rotatable bonds is 11. The summed E-state index contributed by atoms with van der Waals surface area (Å²) in [6.45, 7) is 3.65. The maximum atomic E-state index is 11.7. The molecule has 0 aliphatic heterocycles. The molecule has 0 aromatic heterocycles. The van der Waals surface area contributed by atoms with Gasteiger partial charge in [0.1, 0.15) is 11.9 Å². The van der Waals surface area contributed by atoms with Crippen LogP contribution in [0.4, 0.5) is 0 Å². The molecule has 1 unspecified atom stereocenters. The van der Waals surface area contributed by atoms with E-state index >= 15 is 0 Å². The molecular formula is C17H26O2. The summed E-state index contributed by atoms with van der Waals surface area (Å²) < 4.78 is 5.34. The highest BCUT2D eigenvalue weighted by molar-refractivity contribution is 5.21. The van der Waals surface area contributed by atoms with Crippen LogP contribution < -0.4 is 4.74 Å². The van der Waals surface area contributed by atoms with Gasteiger partial charge in [-0.1, -0.05) is 70.1 Å². The van der Waals surface area contributed by atoms with Gasteiger partial charge in [-0.3, -0.25) is 0 Å². The Bertz CT molecular complexity index is 297. The molecule has 0 heterocycles. The normalized spacial score (nSPS) is 12.3.